The van der Waals surface area contributed by atoms with Crippen molar-refractivity contribution in [2.75, 3.05) is 25.5 Å². The summed E-state index contributed by atoms with van der Waals surface area (Å²) >= 11 is 0. The molecule has 0 amide bonds. The second-order valence-electron chi connectivity index (χ2n) is 5.94. The molecule has 0 spiro atoms. The zero-order valence-corrected chi connectivity index (χ0v) is 13.1. The Balaban J connectivity index is 1.69. The third kappa shape index (κ3) is 4.83. The van der Waals surface area contributed by atoms with Gasteiger partial charge in [-0.25, -0.2) is 0 Å². The van der Waals surface area contributed by atoms with Crippen LogP contribution in [0.4, 0.5) is 0 Å². The zero-order chi connectivity index (χ0) is 13.5. The van der Waals surface area contributed by atoms with E-state index in [2.05, 4.69) is 12.2 Å². The standard InChI is InChI=1S/C15H29NO2S/c1-2-9-16-15-5-3-4-13(15)8-12-19(17)14-6-10-18-11-7-14/h13-16H,2-12H2,1H3. The van der Waals surface area contributed by atoms with E-state index in [0.717, 1.165) is 50.7 Å². The molecule has 3 unspecified atom stereocenters. The van der Waals surface area contributed by atoms with E-state index in [1.54, 1.807) is 0 Å². The maximum atomic E-state index is 12.3. The van der Waals surface area contributed by atoms with Crippen LogP contribution < -0.4 is 5.32 Å². The Kier molecular flexibility index (Phi) is 6.82. The van der Waals surface area contributed by atoms with Crippen molar-refractivity contribution in [2.45, 2.75) is 63.2 Å². The van der Waals surface area contributed by atoms with Gasteiger partial charge in [0.15, 0.2) is 0 Å². The van der Waals surface area contributed by atoms with E-state index in [0.29, 0.717) is 11.3 Å². The largest absolute Gasteiger partial charge is 0.381 e. The Morgan fingerprint density at radius 1 is 1.21 bits per heavy atom. The predicted molar refractivity (Wildman–Crippen MR) is 80.9 cm³/mol. The first-order chi connectivity index (χ1) is 9.31. The molecule has 1 N–H and O–H groups in total. The zero-order valence-electron chi connectivity index (χ0n) is 12.2. The summed E-state index contributed by atoms with van der Waals surface area (Å²) in [6, 6.07) is 0.687. The van der Waals surface area contributed by atoms with Crippen LogP contribution in [-0.2, 0) is 15.5 Å². The van der Waals surface area contributed by atoms with Gasteiger partial charge < -0.3 is 10.1 Å². The van der Waals surface area contributed by atoms with Gasteiger partial charge in [0.2, 0.25) is 0 Å². The molecule has 2 fully saturated rings. The van der Waals surface area contributed by atoms with Gasteiger partial charge in [0, 0.05) is 41.1 Å². The van der Waals surface area contributed by atoms with Crippen molar-refractivity contribution in [3.05, 3.63) is 0 Å². The van der Waals surface area contributed by atoms with Gasteiger partial charge in [-0.15, -0.1) is 0 Å². The highest BCUT2D eigenvalue weighted by Crippen LogP contribution is 2.29. The van der Waals surface area contributed by atoms with Crippen molar-refractivity contribution >= 4 is 10.8 Å². The van der Waals surface area contributed by atoms with Crippen LogP contribution in [0, 0.1) is 5.92 Å². The first kappa shape index (κ1) is 15.5. The van der Waals surface area contributed by atoms with Crippen molar-refractivity contribution in [2.24, 2.45) is 5.92 Å². The minimum absolute atomic E-state index is 0.400. The molecule has 1 aliphatic heterocycles. The average Bonchev–Trinajstić information content (AvgIpc) is 2.91. The smallest absolute Gasteiger partial charge is 0.0477 e. The molecule has 1 saturated carbocycles. The van der Waals surface area contributed by atoms with Crippen LogP contribution in [0.15, 0.2) is 0 Å². The normalized spacial score (nSPS) is 30.6. The Hall–Kier alpha value is 0.0700. The number of nitrogens with one attached hydrogen (secondary N) is 1. The molecular formula is C15H29NO2S. The van der Waals surface area contributed by atoms with Crippen molar-refractivity contribution < 1.29 is 8.95 Å². The van der Waals surface area contributed by atoms with Crippen LogP contribution in [0.5, 0.6) is 0 Å². The van der Waals surface area contributed by atoms with Crippen LogP contribution in [0.25, 0.3) is 0 Å². The van der Waals surface area contributed by atoms with Crippen molar-refractivity contribution in [1.29, 1.82) is 0 Å². The molecular weight excluding hydrogens is 258 g/mol. The minimum atomic E-state index is -0.631. The fourth-order valence-corrected chi connectivity index (χ4v) is 4.94. The number of rotatable bonds is 7. The molecule has 3 atom stereocenters. The van der Waals surface area contributed by atoms with Crippen LogP contribution >= 0.6 is 0 Å². The van der Waals surface area contributed by atoms with Gasteiger partial charge in [0.1, 0.15) is 0 Å². The monoisotopic (exact) mass is 287 g/mol. The molecule has 0 aromatic rings. The van der Waals surface area contributed by atoms with E-state index >= 15 is 0 Å². The second-order valence-corrected chi connectivity index (χ2v) is 7.77. The van der Waals surface area contributed by atoms with E-state index in [9.17, 15) is 4.21 Å². The van der Waals surface area contributed by atoms with Crippen LogP contribution in [0.3, 0.4) is 0 Å². The molecule has 1 saturated heterocycles. The second kappa shape index (κ2) is 8.38. The third-order valence-electron chi connectivity index (χ3n) is 4.55. The van der Waals surface area contributed by atoms with Crippen molar-refractivity contribution in [1.82, 2.24) is 5.32 Å². The molecule has 2 rings (SSSR count). The number of ether oxygens (including phenoxy) is 1. The topological polar surface area (TPSA) is 38.3 Å². The van der Waals surface area contributed by atoms with Crippen molar-refractivity contribution in [3.8, 4) is 0 Å². The predicted octanol–water partition coefficient (Wildman–Crippen LogP) is 2.47. The summed E-state index contributed by atoms with van der Waals surface area (Å²) in [7, 11) is -0.631. The maximum absolute atomic E-state index is 12.3. The summed E-state index contributed by atoms with van der Waals surface area (Å²) in [5.41, 5.74) is 0. The van der Waals surface area contributed by atoms with Crippen LogP contribution in [0.2, 0.25) is 0 Å². The van der Waals surface area contributed by atoms with E-state index in [1.165, 1.54) is 25.7 Å². The SMILES string of the molecule is CCCNC1CCCC1CCS(=O)C1CCOCC1. The lowest BCUT2D eigenvalue weighted by molar-refractivity contribution is 0.0992. The van der Waals surface area contributed by atoms with Crippen LogP contribution in [-0.4, -0.2) is 41.0 Å². The summed E-state index contributed by atoms with van der Waals surface area (Å²) in [5, 5.41) is 4.07. The van der Waals surface area contributed by atoms with E-state index in [1.807, 2.05) is 0 Å². The number of hydrogen-bond acceptors (Lipinski definition) is 3. The summed E-state index contributed by atoms with van der Waals surface area (Å²) in [5.74, 6) is 1.66. The van der Waals surface area contributed by atoms with Gasteiger partial charge >= 0.3 is 0 Å². The Bertz CT molecular complexity index is 279. The molecule has 112 valence electrons. The molecule has 1 heterocycles. The van der Waals surface area contributed by atoms with Gasteiger partial charge in [-0.3, -0.25) is 4.21 Å². The quantitative estimate of drug-likeness (QED) is 0.782. The highest BCUT2D eigenvalue weighted by Gasteiger charge is 2.28. The van der Waals surface area contributed by atoms with E-state index < -0.39 is 10.8 Å². The van der Waals surface area contributed by atoms with Crippen molar-refractivity contribution in [3.63, 3.8) is 0 Å². The molecule has 1 aliphatic carbocycles. The van der Waals surface area contributed by atoms with Gasteiger partial charge in [-0.2, -0.15) is 0 Å². The third-order valence-corrected chi connectivity index (χ3v) is 6.40. The summed E-state index contributed by atoms with van der Waals surface area (Å²) < 4.78 is 17.7. The van der Waals surface area contributed by atoms with Gasteiger partial charge in [0.25, 0.3) is 0 Å². The van der Waals surface area contributed by atoms with Gasteiger partial charge in [-0.05, 0) is 51.0 Å². The molecule has 0 aromatic carbocycles. The maximum Gasteiger partial charge on any atom is 0.0477 e. The Labute approximate surface area is 120 Å². The molecule has 19 heavy (non-hydrogen) atoms. The molecule has 4 heteroatoms. The first-order valence-corrected chi connectivity index (χ1v) is 9.37. The summed E-state index contributed by atoms with van der Waals surface area (Å²) in [6.45, 7) is 4.96. The average molecular weight is 287 g/mol. The Morgan fingerprint density at radius 3 is 2.74 bits per heavy atom. The minimum Gasteiger partial charge on any atom is -0.381 e. The molecule has 0 bridgehead atoms. The van der Waals surface area contributed by atoms with Crippen LogP contribution in [0.1, 0.15) is 51.9 Å². The Morgan fingerprint density at radius 2 is 2.00 bits per heavy atom. The highest BCUT2D eigenvalue weighted by molar-refractivity contribution is 7.85. The van der Waals surface area contributed by atoms with E-state index in [-0.39, 0.29) is 0 Å². The lowest BCUT2D eigenvalue weighted by atomic mass is 10.0. The molecule has 0 aromatic heterocycles. The van der Waals surface area contributed by atoms with E-state index in [4.69, 9.17) is 4.74 Å². The molecule has 0 radical (unpaired) electrons. The molecule has 3 nitrogen and oxygen atoms in total. The molecule has 2 aliphatic rings. The van der Waals surface area contributed by atoms with Gasteiger partial charge in [0.05, 0.1) is 0 Å². The first-order valence-electron chi connectivity index (χ1n) is 7.99. The lowest BCUT2D eigenvalue weighted by Crippen LogP contribution is -2.34. The highest BCUT2D eigenvalue weighted by atomic mass is 32.2. The lowest BCUT2D eigenvalue weighted by Gasteiger charge is -2.24. The summed E-state index contributed by atoms with van der Waals surface area (Å²) in [6.07, 6.45) is 8.32. The number of hydrogen-bond donors (Lipinski definition) is 1. The fraction of sp³-hybridized carbons (Fsp3) is 1.00. The summed E-state index contributed by atoms with van der Waals surface area (Å²) in [4.78, 5) is 0. The van der Waals surface area contributed by atoms with Gasteiger partial charge in [-0.1, -0.05) is 13.3 Å². The fourth-order valence-electron chi connectivity index (χ4n) is 3.35.